The Balaban J connectivity index is 3.19. The van der Waals surface area contributed by atoms with Crippen molar-refractivity contribution in [2.45, 2.75) is 6.36 Å². The van der Waals surface area contributed by atoms with Crippen molar-refractivity contribution >= 4 is 85.2 Å². The first kappa shape index (κ1) is 13.4. The fourth-order valence-corrected chi connectivity index (χ4v) is 2.04. The monoisotopic (exact) mass is 546 g/mol. The summed E-state index contributed by atoms with van der Waals surface area (Å²) in [6.07, 6.45) is 0. The molecular weight excluding hydrogens is 540 g/mol. The molecule has 0 aliphatic carbocycles. The molecular formula is C9H6ClI3O. The Hall–Kier alpha value is 1.37. The van der Waals surface area contributed by atoms with Crippen molar-refractivity contribution in [3.63, 3.8) is 0 Å². The van der Waals surface area contributed by atoms with Gasteiger partial charge in [0.2, 0.25) is 0 Å². The van der Waals surface area contributed by atoms with E-state index < -0.39 is -0.565 Å². The summed E-state index contributed by atoms with van der Waals surface area (Å²) in [6, 6.07) is 5.39. The van der Waals surface area contributed by atoms with Crippen LogP contribution in [0.2, 0.25) is 5.02 Å². The zero-order valence-electron chi connectivity index (χ0n) is 7.15. The molecule has 1 rings (SSSR count). The van der Waals surface area contributed by atoms with Gasteiger partial charge in [0.1, 0.15) is 0 Å². The van der Waals surface area contributed by atoms with Crippen LogP contribution in [0.1, 0.15) is 15.9 Å². The topological polar surface area (TPSA) is 17.1 Å². The summed E-state index contributed by atoms with van der Waals surface area (Å²) >= 11 is 12.2. The second-order valence-electron chi connectivity index (χ2n) is 2.79. The van der Waals surface area contributed by atoms with Crippen molar-refractivity contribution in [3.05, 3.63) is 34.3 Å². The first-order valence-corrected chi connectivity index (χ1v) is 7.31. The Labute approximate surface area is 129 Å². The number of alkyl halides is 3. The molecule has 1 aromatic carbocycles. The van der Waals surface area contributed by atoms with E-state index in [4.69, 9.17) is 11.6 Å². The number of rotatable bonds is 2. The van der Waals surface area contributed by atoms with Gasteiger partial charge in [-0.3, -0.25) is 4.79 Å². The van der Waals surface area contributed by atoms with Gasteiger partial charge in [0.15, 0.2) is 5.22 Å². The Morgan fingerprint density at radius 3 is 2.43 bits per heavy atom. The summed E-state index contributed by atoms with van der Waals surface area (Å²) in [5, 5.41) is 0.604. The normalized spacial score (nSPS) is 11.5. The van der Waals surface area contributed by atoms with Crippen LogP contribution in [0.5, 0.6) is 0 Å². The Morgan fingerprint density at radius 2 is 1.93 bits per heavy atom. The van der Waals surface area contributed by atoms with Gasteiger partial charge >= 0.3 is 0 Å². The van der Waals surface area contributed by atoms with Gasteiger partial charge in [0.05, 0.1) is 0 Å². The molecule has 76 valence electrons. The van der Waals surface area contributed by atoms with E-state index in [1.807, 2.05) is 13.0 Å². The highest BCUT2D eigenvalue weighted by Gasteiger charge is 2.30. The van der Waals surface area contributed by atoms with Crippen LogP contribution in [-0.2, 0) is 0 Å². The number of carbonyl (C=O) groups is 1. The summed E-state index contributed by atoms with van der Waals surface area (Å²) in [7, 11) is 0. The fraction of sp³-hybridized carbons (Fsp3) is 0.222. The Morgan fingerprint density at radius 1 is 1.36 bits per heavy atom. The van der Waals surface area contributed by atoms with E-state index in [1.165, 1.54) is 0 Å². The number of hydrogen-bond donors (Lipinski definition) is 0. The summed E-state index contributed by atoms with van der Waals surface area (Å²) in [4.78, 5) is 12.0. The van der Waals surface area contributed by atoms with Gasteiger partial charge in [-0.1, -0.05) is 17.7 Å². The number of halogens is 4. The summed E-state index contributed by atoms with van der Waals surface area (Å²) in [5.41, 5.74) is 1.67. The van der Waals surface area contributed by atoms with Crippen LogP contribution in [0, 0.1) is 6.92 Å². The zero-order valence-corrected chi connectivity index (χ0v) is 14.4. The maximum Gasteiger partial charge on any atom is 0.198 e. The van der Waals surface area contributed by atoms with E-state index in [0.717, 1.165) is 5.56 Å². The lowest BCUT2D eigenvalue weighted by Gasteiger charge is -2.12. The molecule has 0 saturated heterocycles. The average Bonchev–Trinajstić information content (AvgIpc) is 2.06. The molecule has 0 amide bonds. The van der Waals surface area contributed by atoms with E-state index in [-0.39, 0.29) is 5.78 Å². The number of benzene rings is 1. The minimum absolute atomic E-state index is 0.0966. The summed E-state index contributed by atoms with van der Waals surface area (Å²) < 4.78 is -0.442. The van der Waals surface area contributed by atoms with Gasteiger partial charge in [-0.2, -0.15) is 0 Å². The average molecular weight is 546 g/mol. The quantitative estimate of drug-likeness (QED) is 0.297. The van der Waals surface area contributed by atoms with Gasteiger partial charge in [0, 0.05) is 10.6 Å². The van der Waals surface area contributed by atoms with Crippen molar-refractivity contribution < 1.29 is 4.79 Å². The smallest absolute Gasteiger partial charge is 0.198 e. The number of hydrogen-bond acceptors (Lipinski definition) is 1. The molecule has 0 aliphatic rings. The highest BCUT2D eigenvalue weighted by molar-refractivity contribution is 14.3. The first-order chi connectivity index (χ1) is 6.32. The van der Waals surface area contributed by atoms with Crippen molar-refractivity contribution in [1.29, 1.82) is 0 Å². The highest BCUT2D eigenvalue weighted by atomic mass is 127. The van der Waals surface area contributed by atoms with Crippen LogP contribution in [0.15, 0.2) is 18.2 Å². The minimum atomic E-state index is -0.442. The molecule has 0 spiro atoms. The highest BCUT2D eigenvalue weighted by Crippen LogP contribution is 2.39. The molecule has 14 heavy (non-hydrogen) atoms. The van der Waals surface area contributed by atoms with E-state index in [1.54, 1.807) is 12.1 Å². The molecule has 1 aromatic rings. The lowest BCUT2D eigenvalue weighted by atomic mass is 10.1. The number of aryl methyl sites for hydroxylation is 1. The molecule has 1 nitrogen and oxygen atoms in total. The van der Waals surface area contributed by atoms with Crippen molar-refractivity contribution in [2.24, 2.45) is 0 Å². The van der Waals surface area contributed by atoms with Crippen LogP contribution >= 0.6 is 79.4 Å². The minimum Gasteiger partial charge on any atom is -0.291 e. The molecule has 0 radical (unpaired) electrons. The second kappa shape index (κ2) is 5.13. The maximum atomic E-state index is 12.0. The Bertz CT molecular complexity index is 371. The predicted octanol–water partition coefficient (Wildman–Crippen LogP) is 4.79. The molecule has 0 aliphatic heterocycles. The van der Waals surface area contributed by atoms with Crippen molar-refractivity contribution in [3.8, 4) is 0 Å². The molecule has 0 aromatic heterocycles. The molecule has 0 saturated carbocycles. The molecule has 0 N–H and O–H groups in total. The molecule has 0 fully saturated rings. The third-order valence-corrected chi connectivity index (χ3v) is 3.41. The summed E-state index contributed by atoms with van der Waals surface area (Å²) in [5.74, 6) is 0.0966. The summed E-state index contributed by atoms with van der Waals surface area (Å²) in [6.45, 7) is 1.92. The van der Waals surface area contributed by atoms with E-state index >= 15 is 0 Å². The maximum absolute atomic E-state index is 12.0. The van der Waals surface area contributed by atoms with Crippen molar-refractivity contribution in [1.82, 2.24) is 0 Å². The van der Waals surface area contributed by atoms with Crippen LogP contribution in [0.25, 0.3) is 0 Å². The predicted molar refractivity (Wildman–Crippen MR) is 85.3 cm³/mol. The molecule has 5 heteroatoms. The zero-order chi connectivity index (χ0) is 10.9. The van der Waals surface area contributed by atoms with Gasteiger partial charge in [-0.15, -0.1) is 0 Å². The standard InChI is InChI=1S/C9H6ClI3O/c1-5-2-3-6(10)4-7(5)8(14)9(11,12)13/h2-4H,1H3. The van der Waals surface area contributed by atoms with E-state index in [0.29, 0.717) is 10.6 Å². The number of ketones is 1. The van der Waals surface area contributed by atoms with Crippen molar-refractivity contribution in [2.75, 3.05) is 0 Å². The third kappa shape index (κ3) is 3.44. The molecule has 0 unspecified atom stereocenters. The fourth-order valence-electron chi connectivity index (χ4n) is 0.992. The number of Topliss-reactive ketones (excluding diaryl/α,β-unsaturated/α-hetero) is 1. The van der Waals surface area contributed by atoms with Gasteiger partial charge in [0.25, 0.3) is 0 Å². The molecule has 0 heterocycles. The first-order valence-electron chi connectivity index (χ1n) is 3.70. The molecule has 0 bridgehead atoms. The van der Waals surface area contributed by atoms with Crippen LogP contribution in [-0.4, -0.2) is 5.22 Å². The lowest BCUT2D eigenvalue weighted by Crippen LogP contribution is -2.17. The van der Waals surface area contributed by atoms with Crippen LogP contribution in [0.4, 0.5) is 0 Å². The number of carbonyl (C=O) groups excluding carboxylic acids is 1. The van der Waals surface area contributed by atoms with Gasteiger partial charge in [-0.05, 0) is 92.4 Å². The second-order valence-corrected chi connectivity index (χ2v) is 14.3. The van der Waals surface area contributed by atoms with Gasteiger partial charge < -0.3 is 0 Å². The molecule has 0 atom stereocenters. The largest absolute Gasteiger partial charge is 0.291 e. The SMILES string of the molecule is Cc1ccc(Cl)cc1C(=O)C(I)(I)I. The van der Waals surface area contributed by atoms with E-state index in [9.17, 15) is 4.79 Å². The van der Waals surface area contributed by atoms with Crippen LogP contribution in [0.3, 0.4) is 0 Å². The van der Waals surface area contributed by atoms with E-state index in [2.05, 4.69) is 67.8 Å². The van der Waals surface area contributed by atoms with Crippen LogP contribution < -0.4 is 0 Å². The third-order valence-electron chi connectivity index (χ3n) is 1.70. The lowest BCUT2D eigenvalue weighted by molar-refractivity contribution is 0.101. The van der Waals surface area contributed by atoms with Gasteiger partial charge in [-0.25, -0.2) is 0 Å². The Kier molecular flexibility index (Phi) is 4.93.